The second-order valence-electron chi connectivity index (χ2n) is 9.07. The topological polar surface area (TPSA) is 45.6 Å². The molecule has 2 heterocycles. The normalized spacial score (nSPS) is 28.9. The second-order valence-corrected chi connectivity index (χ2v) is 9.07. The van der Waals surface area contributed by atoms with Gasteiger partial charge in [-0.05, 0) is 68.4 Å². The first-order valence-corrected chi connectivity index (χ1v) is 11.3. The molecule has 4 nitrogen and oxygen atoms in total. The van der Waals surface area contributed by atoms with Crippen LogP contribution < -0.4 is 4.74 Å². The van der Waals surface area contributed by atoms with Gasteiger partial charge < -0.3 is 9.84 Å². The van der Waals surface area contributed by atoms with Gasteiger partial charge in [0.05, 0.1) is 12.3 Å². The second kappa shape index (κ2) is 7.73. The van der Waals surface area contributed by atoms with Gasteiger partial charge in [0.25, 0.3) is 0 Å². The van der Waals surface area contributed by atoms with E-state index in [4.69, 9.17) is 4.74 Å². The zero-order valence-electron chi connectivity index (χ0n) is 17.4. The summed E-state index contributed by atoms with van der Waals surface area (Å²) < 4.78 is 6.02. The quantitative estimate of drug-likeness (QED) is 0.833. The minimum Gasteiger partial charge on any atom is -0.494 e. The molecule has 2 atom stereocenters. The fourth-order valence-corrected chi connectivity index (χ4v) is 6.00. The van der Waals surface area contributed by atoms with Crippen LogP contribution in [0.15, 0.2) is 36.5 Å². The summed E-state index contributed by atoms with van der Waals surface area (Å²) in [6, 6.07) is 10.6. The maximum atomic E-state index is 11.8. The maximum Gasteiger partial charge on any atom is 0.124 e. The largest absolute Gasteiger partial charge is 0.494 e. The Morgan fingerprint density at radius 1 is 1.10 bits per heavy atom. The fourth-order valence-electron chi connectivity index (χ4n) is 6.00. The maximum absolute atomic E-state index is 11.8. The highest BCUT2D eigenvalue weighted by Crippen LogP contribution is 2.49. The Morgan fingerprint density at radius 2 is 1.86 bits per heavy atom. The van der Waals surface area contributed by atoms with Crippen LogP contribution >= 0.6 is 0 Å². The Balaban J connectivity index is 1.40. The van der Waals surface area contributed by atoms with Gasteiger partial charge in [-0.3, -0.25) is 9.88 Å². The molecule has 0 amide bonds. The molecule has 1 saturated carbocycles. The number of ether oxygens (including phenoxy) is 1. The van der Waals surface area contributed by atoms with Gasteiger partial charge in [-0.2, -0.15) is 0 Å². The third-order valence-corrected chi connectivity index (χ3v) is 7.35. The van der Waals surface area contributed by atoms with Crippen LogP contribution in [0.4, 0.5) is 0 Å². The van der Waals surface area contributed by atoms with Crippen LogP contribution in [0.1, 0.15) is 55.0 Å². The number of likely N-dealkylation sites (tertiary alicyclic amines) is 1. The summed E-state index contributed by atoms with van der Waals surface area (Å²) in [4.78, 5) is 7.10. The number of benzene rings is 1. The summed E-state index contributed by atoms with van der Waals surface area (Å²) in [5.74, 6) is 1.55. The zero-order chi connectivity index (χ0) is 19.8. The number of piperidine rings is 1. The van der Waals surface area contributed by atoms with E-state index in [2.05, 4.69) is 28.9 Å². The molecule has 5 rings (SSSR count). The van der Waals surface area contributed by atoms with Crippen molar-refractivity contribution in [3.05, 3.63) is 58.9 Å². The smallest absolute Gasteiger partial charge is 0.124 e. The number of pyridine rings is 1. The minimum absolute atomic E-state index is 0.245. The molecule has 29 heavy (non-hydrogen) atoms. The van der Waals surface area contributed by atoms with Crippen molar-refractivity contribution in [3.8, 4) is 5.75 Å². The lowest BCUT2D eigenvalue weighted by molar-refractivity contribution is -0.151. The lowest BCUT2D eigenvalue weighted by atomic mass is 9.64. The summed E-state index contributed by atoms with van der Waals surface area (Å²) in [5.41, 5.74) is 4.37. The number of rotatable bonds is 5. The van der Waals surface area contributed by atoms with E-state index >= 15 is 0 Å². The van der Waals surface area contributed by atoms with E-state index < -0.39 is 5.60 Å². The first-order valence-electron chi connectivity index (χ1n) is 11.3. The fraction of sp³-hybridized carbons (Fsp3) is 0.560. The van der Waals surface area contributed by atoms with Crippen molar-refractivity contribution in [3.63, 3.8) is 0 Å². The average molecular weight is 393 g/mol. The van der Waals surface area contributed by atoms with E-state index in [9.17, 15) is 5.11 Å². The van der Waals surface area contributed by atoms with Crippen molar-refractivity contribution in [1.82, 2.24) is 9.88 Å². The van der Waals surface area contributed by atoms with E-state index in [1.807, 2.05) is 24.4 Å². The molecule has 1 saturated heterocycles. The average Bonchev–Trinajstić information content (AvgIpc) is 3.17. The number of nitrogens with zero attached hydrogens (tertiary/aromatic N) is 2. The lowest BCUT2D eigenvalue weighted by Gasteiger charge is -2.52. The van der Waals surface area contributed by atoms with E-state index in [-0.39, 0.29) is 11.8 Å². The van der Waals surface area contributed by atoms with Crippen LogP contribution in [0.3, 0.4) is 0 Å². The molecule has 2 fully saturated rings. The summed E-state index contributed by atoms with van der Waals surface area (Å²) in [6.07, 6.45) is 8.80. The molecule has 3 aliphatic rings. The first-order chi connectivity index (χ1) is 14.2. The van der Waals surface area contributed by atoms with Crippen LogP contribution in [0.5, 0.6) is 5.75 Å². The number of aromatic nitrogens is 1. The van der Waals surface area contributed by atoms with Crippen LogP contribution in [-0.4, -0.2) is 34.7 Å². The van der Waals surface area contributed by atoms with Gasteiger partial charge in [-0.15, -0.1) is 0 Å². The van der Waals surface area contributed by atoms with Crippen molar-refractivity contribution in [2.75, 3.05) is 19.7 Å². The van der Waals surface area contributed by atoms with Crippen LogP contribution in [0.2, 0.25) is 0 Å². The van der Waals surface area contributed by atoms with Gasteiger partial charge in [0.1, 0.15) is 11.4 Å². The van der Waals surface area contributed by atoms with Crippen molar-refractivity contribution < 1.29 is 9.84 Å². The van der Waals surface area contributed by atoms with Crippen molar-refractivity contribution in [2.24, 2.45) is 11.8 Å². The predicted molar refractivity (Wildman–Crippen MR) is 114 cm³/mol. The zero-order valence-corrected chi connectivity index (χ0v) is 17.4. The van der Waals surface area contributed by atoms with E-state index in [0.717, 1.165) is 43.9 Å². The van der Waals surface area contributed by atoms with Gasteiger partial charge >= 0.3 is 0 Å². The Morgan fingerprint density at radius 3 is 2.55 bits per heavy atom. The third kappa shape index (κ3) is 3.36. The van der Waals surface area contributed by atoms with E-state index in [0.29, 0.717) is 6.61 Å². The Hall–Kier alpha value is -1.91. The standard InChI is InChI=1S/C25H32N2O2/c1-2-29-23-14-19-8-5-7-18(19)13-20(23)15-27-16-21-9-6-10-22(17-27)25(21,28)24-11-3-4-12-26-24/h3-4,11-14,21-22,28H,2,5-10,15-17H2,1H3. The van der Waals surface area contributed by atoms with Crippen molar-refractivity contribution in [1.29, 1.82) is 0 Å². The molecule has 1 N–H and O–H groups in total. The van der Waals surface area contributed by atoms with Gasteiger partial charge in [-0.25, -0.2) is 0 Å². The molecule has 0 radical (unpaired) electrons. The summed E-state index contributed by atoms with van der Waals surface area (Å²) in [6.45, 7) is 5.53. The summed E-state index contributed by atoms with van der Waals surface area (Å²) in [5, 5.41) is 11.8. The molecule has 1 aliphatic heterocycles. The molecule has 2 aromatic rings. The molecule has 154 valence electrons. The van der Waals surface area contributed by atoms with Gasteiger partial charge in [0, 0.05) is 43.2 Å². The predicted octanol–water partition coefficient (Wildman–Crippen LogP) is 4.09. The van der Waals surface area contributed by atoms with E-state index in [1.165, 1.54) is 42.4 Å². The Bertz CT molecular complexity index is 853. The van der Waals surface area contributed by atoms with E-state index in [1.54, 1.807) is 0 Å². The highest BCUT2D eigenvalue weighted by Gasteiger charge is 2.52. The third-order valence-electron chi connectivity index (χ3n) is 7.35. The highest BCUT2D eigenvalue weighted by molar-refractivity contribution is 5.45. The Kier molecular flexibility index (Phi) is 5.09. The molecular weight excluding hydrogens is 360 g/mol. The lowest BCUT2D eigenvalue weighted by Crippen LogP contribution is -2.58. The molecule has 1 aromatic heterocycles. The summed E-state index contributed by atoms with van der Waals surface area (Å²) in [7, 11) is 0. The molecular formula is C25H32N2O2. The van der Waals surface area contributed by atoms with Crippen LogP contribution in [-0.2, 0) is 25.0 Å². The first kappa shape index (κ1) is 19.1. The summed E-state index contributed by atoms with van der Waals surface area (Å²) >= 11 is 0. The molecule has 4 heteroatoms. The molecule has 2 aliphatic carbocycles. The highest BCUT2D eigenvalue weighted by atomic mass is 16.5. The molecule has 2 unspecified atom stereocenters. The number of hydrogen-bond acceptors (Lipinski definition) is 4. The van der Waals surface area contributed by atoms with Crippen LogP contribution in [0, 0.1) is 11.8 Å². The molecule has 0 spiro atoms. The minimum atomic E-state index is -0.781. The number of fused-ring (bicyclic) bond motifs is 3. The number of aryl methyl sites for hydroxylation is 2. The van der Waals surface area contributed by atoms with Crippen molar-refractivity contribution in [2.45, 2.75) is 57.6 Å². The molecule has 2 bridgehead atoms. The Labute approximate surface area is 173 Å². The van der Waals surface area contributed by atoms with Gasteiger partial charge in [-0.1, -0.05) is 18.6 Å². The SMILES string of the molecule is CCOc1cc2c(cc1CN1CC3CCCC(C1)C3(O)c1ccccn1)CCC2. The number of hydrogen-bond donors (Lipinski definition) is 1. The van der Waals surface area contributed by atoms with Gasteiger partial charge in [0.15, 0.2) is 0 Å². The van der Waals surface area contributed by atoms with Crippen molar-refractivity contribution >= 4 is 0 Å². The van der Waals surface area contributed by atoms with Gasteiger partial charge in [0.2, 0.25) is 0 Å². The molecule has 1 aromatic carbocycles. The monoisotopic (exact) mass is 392 g/mol. The number of aliphatic hydroxyl groups is 1. The van der Waals surface area contributed by atoms with Crippen LogP contribution in [0.25, 0.3) is 0 Å².